The summed E-state index contributed by atoms with van der Waals surface area (Å²) in [5.74, 6) is 0. The van der Waals surface area contributed by atoms with Gasteiger partial charge in [-0.15, -0.1) is 0 Å². The van der Waals surface area contributed by atoms with Gasteiger partial charge in [-0.3, -0.25) is 0 Å². The molecule has 0 amide bonds. The van der Waals surface area contributed by atoms with E-state index in [0.717, 1.165) is 0 Å². The topological polar surface area (TPSA) is 15.3 Å². The van der Waals surface area contributed by atoms with Crippen LogP contribution in [0.25, 0.3) is 0 Å². The third-order valence-electron chi connectivity index (χ3n) is 3.42. The van der Waals surface area contributed by atoms with Gasteiger partial charge in [0.25, 0.3) is 0 Å². The molecule has 0 saturated carbocycles. The lowest BCUT2D eigenvalue weighted by Gasteiger charge is -2.36. The van der Waals surface area contributed by atoms with Gasteiger partial charge in [0, 0.05) is 25.2 Å². The predicted molar refractivity (Wildman–Crippen MR) is 73.3 cm³/mol. The third kappa shape index (κ3) is 4.14. The second-order valence-corrected chi connectivity index (χ2v) is 5.32. The summed E-state index contributed by atoms with van der Waals surface area (Å²) in [6, 6.07) is 12.1. The molecule has 17 heavy (non-hydrogen) atoms. The van der Waals surface area contributed by atoms with E-state index < -0.39 is 0 Å². The van der Waals surface area contributed by atoms with Gasteiger partial charge >= 0.3 is 0 Å². The highest BCUT2D eigenvalue weighted by molar-refractivity contribution is 5.14. The van der Waals surface area contributed by atoms with Crippen molar-refractivity contribution in [3.8, 4) is 0 Å². The van der Waals surface area contributed by atoms with Crippen LogP contribution < -0.4 is 5.32 Å². The zero-order chi connectivity index (χ0) is 12.1. The fourth-order valence-electron chi connectivity index (χ4n) is 2.77. The molecule has 1 aromatic carbocycles. The zero-order valence-corrected chi connectivity index (χ0v) is 11.0. The van der Waals surface area contributed by atoms with E-state index >= 15 is 0 Å². The van der Waals surface area contributed by atoms with Crippen molar-refractivity contribution in [1.29, 1.82) is 0 Å². The molecule has 0 bridgehead atoms. The molecule has 0 spiro atoms. The fraction of sp³-hybridized carbons (Fsp3) is 0.600. The van der Waals surface area contributed by atoms with Crippen LogP contribution in [-0.4, -0.2) is 36.6 Å². The maximum atomic E-state index is 3.58. The Labute approximate surface area is 105 Å². The fourth-order valence-corrected chi connectivity index (χ4v) is 2.77. The van der Waals surface area contributed by atoms with E-state index in [2.05, 4.69) is 54.4 Å². The summed E-state index contributed by atoms with van der Waals surface area (Å²) in [6.07, 6.45) is 2.47. The molecule has 1 aliphatic rings. The van der Waals surface area contributed by atoms with Gasteiger partial charge < -0.3 is 10.2 Å². The standard InChI is InChI=1S/C15H24N2/c1-13-11-17(12-14(2)16-13)10-6-9-15-7-4-3-5-8-15/h3-5,7-8,13-14,16H,6,9-12H2,1-2H3. The van der Waals surface area contributed by atoms with E-state index in [0.29, 0.717) is 12.1 Å². The van der Waals surface area contributed by atoms with Crippen molar-refractivity contribution >= 4 is 0 Å². The smallest absolute Gasteiger partial charge is 0.0169 e. The molecule has 0 aliphatic carbocycles. The van der Waals surface area contributed by atoms with Crippen molar-refractivity contribution in [2.24, 2.45) is 0 Å². The number of benzene rings is 1. The number of nitrogens with zero attached hydrogens (tertiary/aromatic N) is 1. The number of hydrogen-bond donors (Lipinski definition) is 1. The highest BCUT2D eigenvalue weighted by atomic mass is 15.2. The average Bonchev–Trinajstić information content (AvgIpc) is 2.29. The summed E-state index contributed by atoms with van der Waals surface area (Å²) in [7, 11) is 0. The van der Waals surface area contributed by atoms with Gasteiger partial charge in [0.15, 0.2) is 0 Å². The molecule has 0 radical (unpaired) electrons. The SMILES string of the molecule is CC1CN(CCCc2ccccc2)CC(C)N1. The number of rotatable bonds is 4. The molecular weight excluding hydrogens is 208 g/mol. The van der Waals surface area contributed by atoms with Crippen molar-refractivity contribution in [2.45, 2.75) is 38.8 Å². The van der Waals surface area contributed by atoms with Gasteiger partial charge in [0.05, 0.1) is 0 Å². The molecule has 1 N–H and O–H groups in total. The van der Waals surface area contributed by atoms with E-state index in [4.69, 9.17) is 0 Å². The van der Waals surface area contributed by atoms with Crippen molar-refractivity contribution in [2.75, 3.05) is 19.6 Å². The first-order valence-corrected chi connectivity index (χ1v) is 6.76. The first-order valence-electron chi connectivity index (χ1n) is 6.76. The minimum absolute atomic E-state index is 0.635. The number of nitrogens with one attached hydrogen (secondary N) is 1. The molecule has 1 aromatic rings. The summed E-state index contributed by atoms with van der Waals surface area (Å²) < 4.78 is 0. The van der Waals surface area contributed by atoms with Crippen molar-refractivity contribution in [3.63, 3.8) is 0 Å². The van der Waals surface area contributed by atoms with E-state index in [1.54, 1.807) is 0 Å². The predicted octanol–water partition coefficient (Wildman–Crippen LogP) is 2.30. The van der Waals surface area contributed by atoms with Crippen LogP contribution in [0.1, 0.15) is 25.8 Å². The summed E-state index contributed by atoms with van der Waals surface area (Å²) >= 11 is 0. The lowest BCUT2D eigenvalue weighted by atomic mass is 10.1. The number of piperazine rings is 1. The Morgan fingerprint density at radius 1 is 1.12 bits per heavy atom. The van der Waals surface area contributed by atoms with Gasteiger partial charge in [0.1, 0.15) is 0 Å². The average molecular weight is 232 g/mol. The molecule has 2 unspecified atom stereocenters. The summed E-state index contributed by atoms with van der Waals surface area (Å²) in [4.78, 5) is 2.59. The minimum Gasteiger partial charge on any atom is -0.309 e. The van der Waals surface area contributed by atoms with Crippen molar-refractivity contribution in [1.82, 2.24) is 10.2 Å². The normalized spacial score (nSPS) is 26.0. The Morgan fingerprint density at radius 3 is 2.41 bits per heavy atom. The molecule has 2 nitrogen and oxygen atoms in total. The second kappa shape index (κ2) is 6.18. The van der Waals surface area contributed by atoms with Crippen LogP contribution in [0.4, 0.5) is 0 Å². The van der Waals surface area contributed by atoms with Crippen molar-refractivity contribution in [3.05, 3.63) is 35.9 Å². The first kappa shape index (κ1) is 12.6. The molecule has 2 atom stereocenters. The highest BCUT2D eigenvalue weighted by Gasteiger charge is 2.19. The molecular formula is C15H24N2. The van der Waals surface area contributed by atoms with Gasteiger partial charge in [-0.25, -0.2) is 0 Å². The quantitative estimate of drug-likeness (QED) is 0.857. The lowest BCUT2D eigenvalue weighted by Crippen LogP contribution is -2.54. The summed E-state index contributed by atoms with van der Waals surface area (Å²) in [6.45, 7) is 8.17. The Bertz CT molecular complexity index is 313. The highest BCUT2D eigenvalue weighted by Crippen LogP contribution is 2.07. The lowest BCUT2D eigenvalue weighted by molar-refractivity contribution is 0.172. The molecule has 1 saturated heterocycles. The van der Waals surface area contributed by atoms with Crippen LogP contribution in [0.15, 0.2) is 30.3 Å². The Morgan fingerprint density at radius 2 is 1.76 bits per heavy atom. The van der Waals surface area contributed by atoms with E-state index in [1.165, 1.54) is 38.0 Å². The number of hydrogen-bond acceptors (Lipinski definition) is 2. The Hall–Kier alpha value is -0.860. The van der Waals surface area contributed by atoms with Gasteiger partial charge in [-0.05, 0) is 38.8 Å². The molecule has 2 heteroatoms. The van der Waals surface area contributed by atoms with Crippen LogP contribution in [0.3, 0.4) is 0 Å². The van der Waals surface area contributed by atoms with Crippen LogP contribution in [-0.2, 0) is 6.42 Å². The molecule has 1 heterocycles. The van der Waals surface area contributed by atoms with Gasteiger partial charge in [-0.1, -0.05) is 30.3 Å². The molecule has 1 aliphatic heterocycles. The van der Waals surface area contributed by atoms with Gasteiger partial charge in [0.2, 0.25) is 0 Å². The Kier molecular flexibility index (Phi) is 4.57. The van der Waals surface area contributed by atoms with Crippen LogP contribution in [0.2, 0.25) is 0 Å². The van der Waals surface area contributed by atoms with E-state index in [9.17, 15) is 0 Å². The molecule has 2 rings (SSSR count). The van der Waals surface area contributed by atoms with Crippen molar-refractivity contribution < 1.29 is 0 Å². The number of aryl methyl sites for hydroxylation is 1. The molecule has 0 aromatic heterocycles. The Balaban J connectivity index is 1.71. The van der Waals surface area contributed by atoms with Crippen LogP contribution >= 0.6 is 0 Å². The van der Waals surface area contributed by atoms with E-state index in [1.807, 2.05) is 0 Å². The minimum atomic E-state index is 0.635. The second-order valence-electron chi connectivity index (χ2n) is 5.32. The maximum Gasteiger partial charge on any atom is 0.0169 e. The zero-order valence-electron chi connectivity index (χ0n) is 11.0. The van der Waals surface area contributed by atoms with Crippen LogP contribution in [0, 0.1) is 0 Å². The monoisotopic (exact) mass is 232 g/mol. The maximum absolute atomic E-state index is 3.58. The first-order chi connectivity index (χ1) is 8.24. The van der Waals surface area contributed by atoms with Gasteiger partial charge in [-0.2, -0.15) is 0 Å². The van der Waals surface area contributed by atoms with Crippen LogP contribution in [0.5, 0.6) is 0 Å². The summed E-state index contributed by atoms with van der Waals surface area (Å²) in [5, 5.41) is 3.58. The third-order valence-corrected chi connectivity index (χ3v) is 3.42. The largest absolute Gasteiger partial charge is 0.309 e. The molecule has 94 valence electrons. The molecule has 1 fully saturated rings. The summed E-state index contributed by atoms with van der Waals surface area (Å²) in [5.41, 5.74) is 1.46. The van der Waals surface area contributed by atoms with E-state index in [-0.39, 0.29) is 0 Å².